The lowest BCUT2D eigenvalue weighted by molar-refractivity contribution is 0.712. The lowest BCUT2D eigenvalue weighted by Crippen LogP contribution is -2.21. The standard InChI is InChI=1S/C9H11ClN4O/c1-4-14-8(15)7-6(11-9(14)10)5(2)13(3)12-7/h4H2,1-3H3. The second-order valence-electron chi connectivity index (χ2n) is 3.34. The van der Waals surface area contributed by atoms with Gasteiger partial charge in [0.05, 0.1) is 5.69 Å². The van der Waals surface area contributed by atoms with E-state index in [4.69, 9.17) is 11.6 Å². The van der Waals surface area contributed by atoms with E-state index in [-0.39, 0.29) is 10.8 Å². The Morgan fingerprint density at radius 3 is 2.67 bits per heavy atom. The lowest BCUT2D eigenvalue weighted by atomic mass is 10.3. The van der Waals surface area contributed by atoms with Crippen molar-refractivity contribution in [2.24, 2.45) is 7.05 Å². The third kappa shape index (κ3) is 1.34. The van der Waals surface area contributed by atoms with Crippen molar-refractivity contribution in [1.82, 2.24) is 19.3 Å². The maximum absolute atomic E-state index is 11.9. The quantitative estimate of drug-likeness (QED) is 0.685. The molecule has 0 fully saturated rings. The monoisotopic (exact) mass is 226 g/mol. The highest BCUT2D eigenvalue weighted by atomic mass is 35.5. The first-order chi connectivity index (χ1) is 7.06. The van der Waals surface area contributed by atoms with E-state index in [1.807, 2.05) is 13.8 Å². The molecule has 0 aliphatic rings. The van der Waals surface area contributed by atoms with Crippen LogP contribution in [0.4, 0.5) is 0 Å². The number of aromatic nitrogens is 4. The van der Waals surface area contributed by atoms with Crippen molar-refractivity contribution in [1.29, 1.82) is 0 Å². The minimum absolute atomic E-state index is 0.184. The smallest absolute Gasteiger partial charge is 0.282 e. The Kier molecular flexibility index (Phi) is 2.26. The van der Waals surface area contributed by atoms with Crippen molar-refractivity contribution < 1.29 is 0 Å². The predicted octanol–water partition coefficient (Wildman–Crippen LogP) is 1.11. The molecule has 0 amide bonds. The third-order valence-corrected chi connectivity index (χ3v) is 2.78. The summed E-state index contributed by atoms with van der Waals surface area (Å²) in [5.41, 5.74) is 1.61. The van der Waals surface area contributed by atoms with Gasteiger partial charge in [0.2, 0.25) is 5.28 Å². The summed E-state index contributed by atoms with van der Waals surface area (Å²) in [6.45, 7) is 4.20. The van der Waals surface area contributed by atoms with Crippen molar-refractivity contribution in [2.75, 3.05) is 0 Å². The first-order valence-corrected chi connectivity index (χ1v) is 5.03. The molecule has 0 unspecified atom stereocenters. The molecule has 2 heterocycles. The van der Waals surface area contributed by atoms with Crippen LogP contribution in [-0.2, 0) is 13.6 Å². The molecule has 0 N–H and O–H groups in total. The Morgan fingerprint density at radius 1 is 1.40 bits per heavy atom. The lowest BCUT2D eigenvalue weighted by Gasteiger charge is -2.02. The highest BCUT2D eigenvalue weighted by Gasteiger charge is 2.14. The van der Waals surface area contributed by atoms with E-state index >= 15 is 0 Å². The zero-order chi connectivity index (χ0) is 11.2. The number of aryl methyl sites for hydroxylation is 2. The summed E-state index contributed by atoms with van der Waals surface area (Å²) in [5.74, 6) is 0. The highest BCUT2D eigenvalue weighted by molar-refractivity contribution is 6.28. The summed E-state index contributed by atoms with van der Waals surface area (Å²) in [6, 6.07) is 0. The van der Waals surface area contributed by atoms with Crippen molar-refractivity contribution in [2.45, 2.75) is 20.4 Å². The van der Waals surface area contributed by atoms with Crippen molar-refractivity contribution >= 4 is 22.6 Å². The average Bonchev–Trinajstić information content (AvgIpc) is 2.46. The third-order valence-electron chi connectivity index (χ3n) is 2.49. The van der Waals surface area contributed by atoms with Crippen molar-refractivity contribution in [3.8, 4) is 0 Å². The van der Waals surface area contributed by atoms with Gasteiger partial charge in [-0.3, -0.25) is 14.0 Å². The van der Waals surface area contributed by atoms with Crippen LogP contribution in [0.25, 0.3) is 11.0 Å². The van der Waals surface area contributed by atoms with Gasteiger partial charge in [-0.2, -0.15) is 5.10 Å². The number of halogens is 1. The maximum Gasteiger partial charge on any atom is 0.282 e. The Balaban J connectivity index is 2.97. The maximum atomic E-state index is 11.9. The Morgan fingerprint density at radius 2 is 2.07 bits per heavy atom. The normalized spacial score (nSPS) is 11.2. The van der Waals surface area contributed by atoms with Crippen LogP contribution in [-0.4, -0.2) is 19.3 Å². The van der Waals surface area contributed by atoms with E-state index in [1.165, 1.54) is 4.57 Å². The van der Waals surface area contributed by atoms with Crippen LogP contribution in [0, 0.1) is 6.92 Å². The van der Waals surface area contributed by atoms with Gasteiger partial charge in [0.15, 0.2) is 5.52 Å². The minimum atomic E-state index is -0.184. The van der Waals surface area contributed by atoms with Crippen LogP contribution in [0.3, 0.4) is 0 Å². The van der Waals surface area contributed by atoms with Gasteiger partial charge in [0.1, 0.15) is 5.52 Å². The van der Waals surface area contributed by atoms with Crippen molar-refractivity contribution in [3.63, 3.8) is 0 Å². The van der Waals surface area contributed by atoms with E-state index in [0.29, 0.717) is 17.6 Å². The Labute approximate surface area is 91.3 Å². The molecule has 0 saturated heterocycles. The van der Waals surface area contributed by atoms with Crippen LogP contribution < -0.4 is 5.56 Å². The van der Waals surface area contributed by atoms with Crippen molar-refractivity contribution in [3.05, 3.63) is 21.3 Å². The molecular weight excluding hydrogens is 216 g/mol. The minimum Gasteiger partial charge on any atom is -0.282 e. The first kappa shape index (κ1) is 10.2. The number of rotatable bonds is 1. The molecule has 0 spiro atoms. The SMILES string of the molecule is CCn1c(Cl)nc2c(C)n(C)nc2c1=O. The van der Waals surface area contributed by atoms with Crippen LogP contribution in [0.5, 0.6) is 0 Å². The summed E-state index contributed by atoms with van der Waals surface area (Å²) in [6.07, 6.45) is 0. The fraction of sp³-hybridized carbons (Fsp3) is 0.444. The molecular formula is C9H11ClN4O. The average molecular weight is 227 g/mol. The van der Waals surface area contributed by atoms with E-state index in [0.717, 1.165) is 5.69 Å². The first-order valence-electron chi connectivity index (χ1n) is 4.66. The highest BCUT2D eigenvalue weighted by Crippen LogP contribution is 2.13. The molecule has 0 aliphatic heterocycles. The second kappa shape index (κ2) is 3.34. The molecule has 0 atom stereocenters. The summed E-state index contributed by atoms with van der Waals surface area (Å²) in [7, 11) is 1.78. The van der Waals surface area contributed by atoms with Gasteiger partial charge >= 0.3 is 0 Å². The molecule has 5 nitrogen and oxygen atoms in total. The number of fused-ring (bicyclic) bond motifs is 1. The molecule has 0 radical (unpaired) electrons. The zero-order valence-electron chi connectivity index (χ0n) is 8.78. The van der Waals surface area contributed by atoms with E-state index < -0.39 is 0 Å². The van der Waals surface area contributed by atoms with Crippen LogP contribution >= 0.6 is 11.6 Å². The van der Waals surface area contributed by atoms with Crippen LogP contribution in [0.1, 0.15) is 12.6 Å². The summed E-state index contributed by atoms with van der Waals surface area (Å²) in [4.78, 5) is 16.1. The molecule has 15 heavy (non-hydrogen) atoms. The van der Waals surface area contributed by atoms with Gasteiger partial charge in [-0.25, -0.2) is 4.98 Å². The van der Waals surface area contributed by atoms with Gasteiger partial charge in [0, 0.05) is 13.6 Å². The zero-order valence-corrected chi connectivity index (χ0v) is 9.54. The molecule has 6 heteroatoms. The van der Waals surface area contributed by atoms with Gasteiger partial charge in [-0.1, -0.05) is 0 Å². The summed E-state index contributed by atoms with van der Waals surface area (Å²) < 4.78 is 3.03. The van der Waals surface area contributed by atoms with E-state index in [2.05, 4.69) is 10.1 Å². The Hall–Kier alpha value is -1.36. The molecule has 2 aromatic heterocycles. The van der Waals surface area contributed by atoms with E-state index in [9.17, 15) is 4.79 Å². The molecule has 80 valence electrons. The number of hydrogen-bond acceptors (Lipinski definition) is 3. The number of hydrogen-bond donors (Lipinski definition) is 0. The summed E-state index contributed by atoms with van der Waals surface area (Å²) >= 11 is 5.90. The fourth-order valence-electron chi connectivity index (χ4n) is 1.51. The molecule has 0 bridgehead atoms. The largest absolute Gasteiger partial charge is 0.282 e. The van der Waals surface area contributed by atoms with Gasteiger partial charge in [0.25, 0.3) is 5.56 Å². The molecule has 2 aromatic rings. The Bertz CT molecular complexity index is 584. The molecule has 0 aliphatic carbocycles. The topological polar surface area (TPSA) is 52.7 Å². The number of nitrogens with zero attached hydrogens (tertiary/aromatic N) is 4. The molecule has 0 aromatic carbocycles. The van der Waals surface area contributed by atoms with Gasteiger partial charge in [-0.05, 0) is 25.4 Å². The summed E-state index contributed by atoms with van der Waals surface area (Å²) in [5, 5.41) is 4.34. The van der Waals surface area contributed by atoms with Gasteiger partial charge < -0.3 is 0 Å². The predicted molar refractivity (Wildman–Crippen MR) is 58.2 cm³/mol. The van der Waals surface area contributed by atoms with E-state index in [1.54, 1.807) is 11.7 Å². The molecule has 0 saturated carbocycles. The fourth-order valence-corrected chi connectivity index (χ4v) is 1.79. The molecule has 2 rings (SSSR count). The van der Waals surface area contributed by atoms with Crippen LogP contribution in [0.15, 0.2) is 4.79 Å². The van der Waals surface area contributed by atoms with Gasteiger partial charge in [-0.15, -0.1) is 0 Å². The second-order valence-corrected chi connectivity index (χ2v) is 3.67. The van der Waals surface area contributed by atoms with Crippen LogP contribution in [0.2, 0.25) is 5.28 Å².